The molecule has 0 unspecified atom stereocenters. The highest BCUT2D eigenvalue weighted by atomic mass is 19.4. The molecule has 1 saturated heterocycles. The van der Waals surface area contributed by atoms with Crippen molar-refractivity contribution < 1.29 is 18.0 Å². The molecule has 0 radical (unpaired) electrons. The van der Waals surface area contributed by atoms with Crippen molar-refractivity contribution in [1.82, 2.24) is 24.4 Å². The molecular weight excluding hydrogens is 531 g/mol. The van der Waals surface area contributed by atoms with E-state index in [2.05, 4.69) is 37.5 Å². The molecule has 2 aromatic carbocycles. The number of aromatic nitrogens is 3. The second kappa shape index (κ2) is 11.6. The fourth-order valence-corrected chi connectivity index (χ4v) is 4.65. The first-order valence-electron chi connectivity index (χ1n) is 13.2. The van der Waals surface area contributed by atoms with Crippen molar-refractivity contribution in [2.24, 2.45) is 0 Å². The lowest BCUT2D eigenvalue weighted by atomic mass is 10.0. The second-order valence-corrected chi connectivity index (χ2v) is 10.1. The van der Waals surface area contributed by atoms with Crippen molar-refractivity contribution in [2.75, 3.05) is 50.9 Å². The molecule has 8 nitrogen and oxygen atoms in total. The van der Waals surface area contributed by atoms with Gasteiger partial charge < -0.3 is 15.5 Å². The highest BCUT2D eigenvalue weighted by Crippen LogP contribution is 2.34. The molecule has 0 bridgehead atoms. The molecule has 1 fully saturated rings. The minimum Gasteiger partial charge on any atom is -0.356 e. The molecule has 5 rings (SSSR count). The minimum atomic E-state index is -4.55. The van der Waals surface area contributed by atoms with Crippen LogP contribution in [0, 0.1) is 18.8 Å². The minimum absolute atomic E-state index is 0.0801. The number of piperazine rings is 1. The fraction of sp³-hybridized carbons (Fsp3) is 0.300. The van der Waals surface area contributed by atoms with Crippen molar-refractivity contribution in [1.29, 1.82) is 0 Å². The number of likely N-dealkylation sites (N-methyl/N-ethyl adjacent to an activating group) is 1. The van der Waals surface area contributed by atoms with Crippen molar-refractivity contribution in [2.45, 2.75) is 19.6 Å². The number of halogens is 3. The predicted molar refractivity (Wildman–Crippen MR) is 152 cm³/mol. The number of nitrogens with zero attached hydrogens (tertiary/aromatic N) is 5. The molecule has 41 heavy (non-hydrogen) atoms. The molecule has 0 spiro atoms. The summed E-state index contributed by atoms with van der Waals surface area (Å²) >= 11 is 0. The van der Waals surface area contributed by atoms with Gasteiger partial charge in [0.25, 0.3) is 5.91 Å². The van der Waals surface area contributed by atoms with E-state index in [0.29, 0.717) is 35.8 Å². The van der Waals surface area contributed by atoms with Crippen molar-refractivity contribution in [3.8, 4) is 11.8 Å². The number of carbonyl (C=O) groups is 1. The molecule has 1 aliphatic rings. The number of carbonyl (C=O) groups excluding carboxylic acids is 1. The van der Waals surface area contributed by atoms with Crippen LogP contribution in [0.1, 0.15) is 38.2 Å². The van der Waals surface area contributed by atoms with Crippen LogP contribution in [0.4, 0.5) is 24.8 Å². The van der Waals surface area contributed by atoms with E-state index in [1.807, 2.05) is 31.0 Å². The summed E-state index contributed by atoms with van der Waals surface area (Å²) in [5.74, 6) is 6.14. The zero-order valence-corrected chi connectivity index (χ0v) is 23.0. The Bertz CT molecular complexity index is 1640. The third kappa shape index (κ3) is 6.51. The quantitative estimate of drug-likeness (QED) is 0.350. The summed E-state index contributed by atoms with van der Waals surface area (Å²) in [7, 11) is 3.73. The number of alkyl halides is 3. The van der Waals surface area contributed by atoms with Crippen molar-refractivity contribution >= 4 is 23.2 Å². The summed E-state index contributed by atoms with van der Waals surface area (Å²) < 4.78 is 43.6. The van der Waals surface area contributed by atoms with Crippen LogP contribution in [0.15, 0.2) is 54.7 Å². The molecule has 1 amide bonds. The topological polar surface area (TPSA) is 77.8 Å². The number of pyridine rings is 1. The molecule has 2 aromatic heterocycles. The largest absolute Gasteiger partial charge is 0.416 e. The van der Waals surface area contributed by atoms with Gasteiger partial charge >= 0.3 is 6.18 Å². The zero-order valence-electron chi connectivity index (χ0n) is 23.0. The maximum Gasteiger partial charge on any atom is 0.416 e. The second-order valence-electron chi connectivity index (χ2n) is 10.1. The third-order valence-corrected chi connectivity index (χ3v) is 7.08. The van der Waals surface area contributed by atoms with E-state index >= 15 is 0 Å². The highest BCUT2D eigenvalue weighted by Gasteiger charge is 2.34. The molecule has 212 valence electrons. The number of benzene rings is 2. The number of rotatable bonds is 5. The first-order chi connectivity index (χ1) is 19.6. The zero-order chi connectivity index (χ0) is 29.1. The first kappa shape index (κ1) is 28.1. The highest BCUT2D eigenvalue weighted by molar-refractivity contribution is 6.04. The molecular formula is C30H30F3N7O. The number of amides is 1. The van der Waals surface area contributed by atoms with E-state index < -0.39 is 17.6 Å². The SMILES string of the molecule is CNc1nc2c(C#Cc3cc(C(=O)Nc4ccc(CN5CCN(C)CC5)c(C(F)(F)F)c4)ccc3C)cccn2n1. The lowest BCUT2D eigenvalue weighted by Gasteiger charge is -2.33. The van der Waals surface area contributed by atoms with Gasteiger partial charge in [0.05, 0.1) is 11.1 Å². The molecule has 0 aliphatic carbocycles. The summed E-state index contributed by atoms with van der Waals surface area (Å²) in [5.41, 5.74) is 2.54. The van der Waals surface area contributed by atoms with Crippen molar-refractivity contribution in [3.05, 3.63) is 88.1 Å². The van der Waals surface area contributed by atoms with Gasteiger partial charge in [-0.1, -0.05) is 24.0 Å². The van der Waals surface area contributed by atoms with Gasteiger partial charge in [0.1, 0.15) is 0 Å². The van der Waals surface area contributed by atoms with Gasteiger partial charge in [0.2, 0.25) is 5.95 Å². The Morgan fingerprint density at radius 2 is 1.78 bits per heavy atom. The Hall–Kier alpha value is -4.40. The van der Waals surface area contributed by atoms with Crippen LogP contribution in [-0.2, 0) is 12.7 Å². The van der Waals surface area contributed by atoms with Gasteiger partial charge in [-0.2, -0.15) is 18.2 Å². The first-order valence-corrected chi connectivity index (χ1v) is 13.2. The van der Waals surface area contributed by atoms with Crippen LogP contribution in [0.25, 0.3) is 5.65 Å². The van der Waals surface area contributed by atoms with E-state index in [0.717, 1.165) is 24.7 Å². The monoisotopic (exact) mass is 561 g/mol. The van der Waals surface area contributed by atoms with Crippen LogP contribution in [0.3, 0.4) is 0 Å². The molecule has 0 saturated carbocycles. The lowest BCUT2D eigenvalue weighted by Crippen LogP contribution is -2.44. The number of anilines is 2. The number of hydrogen-bond donors (Lipinski definition) is 2. The Kier molecular flexibility index (Phi) is 7.97. The summed E-state index contributed by atoms with van der Waals surface area (Å²) in [6, 6.07) is 12.6. The standard InChI is InChI=1S/C30H30F3N7O/c1-20-6-7-23(17-22(20)9-8-21-5-4-12-40-27(21)36-29(34-2)37-40)28(41)35-25-11-10-24(26(18-25)30(31,32)33)19-39-15-13-38(3)14-16-39/h4-7,10-12,17-18H,13-16,19H2,1-3H3,(H,34,37)(H,35,41). The summed E-state index contributed by atoms with van der Waals surface area (Å²) in [5, 5.41) is 9.82. The normalized spacial score (nSPS) is 14.5. The van der Waals surface area contributed by atoms with Gasteiger partial charge in [-0.25, -0.2) is 4.52 Å². The molecule has 2 N–H and O–H groups in total. The summed E-state index contributed by atoms with van der Waals surface area (Å²) in [6.45, 7) is 5.11. The van der Waals surface area contributed by atoms with Gasteiger partial charge in [0.15, 0.2) is 5.65 Å². The summed E-state index contributed by atoms with van der Waals surface area (Å²) in [6.07, 6.45) is -2.77. The average Bonchev–Trinajstić information content (AvgIpc) is 3.38. The molecule has 0 atom stereocenters. The van der Waals surface area contributed by atoms with Gasteiger partial charge in [0, 0.05) is 62.8 Å². The third-order valence-electron chi connectivity index (χ3n) is 7.08. The van der Waals surface area contributed by atoms with E-state index in [-0.39, 0.29) is 23.4 Å². The smallest absolute Gasteiger partial charge is 0.356 e. The van der Waals surface area contributed by atoms with Crippen LogP contribution in [0.2, 0.25) is 0 Å². The van der Waals surface area contributed by atoms with E-state index in [4.69, 9.17) is 0 Å². The van der Waals surface area contributed by atoms with Gasteiger partial charge in [-0.3, -0.25) is 9.69 Å². The molecule has 1 aliphatic heterocycles. The van der Waals surface area contributed by atoms with Crippen LogP contribution < -0.4 is 10.6 Å². The van der Waals surface area contributed by atoms with E-state index in [1.165, 1.54) is 12.1 Å². The maximum absolute atomic E-state index is 14.0. The molecule has 4 aromatic rings. The van der Waals surface area contributed by atoms with E-state index in [9.17, 15) is 18.0 Å². The molecule has 3 heterocycles. The van der Waals surface area contributed by atoms with E-state index in [1.54, 1.807) is 36.0 Å². The summed E-state index contributed by atoms with van der Waals surface area (Å²) in [4.78, 5) is 21.7. The number of hydrogen-bond acceptors (Lipinski definition) is 6. The average molecular weight is 562 g/mol. The number of aryl methyl sites for hydroxylation is 1. The Balaban J connectivity index is 1.36. The Morgan fingerprint density at radius 3 is 2.51 bits per heavy atom. The Labute approximate surface area is 236 Å². The lowest BCUT2D eigenvalue weighted by molar-refractivity contribution is -0.138. The van der Waals surface area contributed by atoms with Crippen LogP contribution in [-0.4, -0.2) is 70.6 Å². The molecule has 11 heteroatoms. The van der Waals surface area contributed by atoms with Crippen molar-refractivity contribution in [3.63, 3.8) is 0 Å². The van der Waals surface area contributed by atoms with Gasteiger partial charge in [-0.15, -0.1) is 5.10 Å². The fourth-order valence-electron chi connectivity index (χ4n) is 4.65. The van der Waals surface area contributed by atoms with Gasteiger partial charge in [-0.05, 0) is 61.5 Å². The van der Waals surface area contributed by atoms with Crippen LogP contribution >= 0.6 is 0 Å². The predicted octanol–water partition coefficient (Wildman–Crippen LogP) is 4.50. The number of fused-ring (bicyclic) bond motifs is 1. The van der Waals surface area contributed by atoms with Crippen LogP contribution in [0.5, 0.6) is 0 Å². The number of nitrogens with one attached hydrogen (secondary N) is 2. The Morgan fingerprint density at radius 1 is 1.02 bits per heavy atom. The maximum atomic E-state index is 14.0.